The van der Waals surface area contributed by atoms with Crippen molar-refractivity contribution in [3.05, 3.63) is 40.6 Å². The zero-order chi connectivity index (χ0) is 19.5. The Morgan fingerprint density at radius 2 is 2.07 bits per heavy atom. The quantitative estimate of drug-likeness (QED) is 0.244. The minimum atomic E-state index is -0.622. The van der Waals surface area contributed by atoms with Crippen molar-refractivity contribution in [2.45, 2.75) is 13.0 Å². The lowest BCUT2D eigenvalue weighted by Crippen LogP contribution is -2.33. The summed E-state index contributed by atoms with van der Waals surface area (Å²) in [7, 11) is 0. The van der Waals surface area contributed by atoms with Crippen LogP contribution in [0.2, 0.25) is 0 Å². The molecule has 1 aromatic heterocycles. The third-order valence-corrected chi connectivity index (χ3v) is 4.16. The lowest BCUT2D eigenvalue weighted by molar-refractivity contribution is -0.131. The maximum absolute atomic E-state index is 11.0. The molecule has 1 atom stereocenters. The molecule has 0 saturated carbocycles. The van der Waals surface area contributed by atoms with Crippen molar-refractivity contribution >= 4 is 17.2 Å². The Kier molecular flexibility index (Phi) is 8.85. The average Bonchev–Trinajstić information content (AvgIpc) is 3.18. The van der Waals surface area contributed by atoms with E-state index in [2.05, 4.69) is 5.32 Å². The van der Waals surface area contributed by atoms with Crippen molar-refractivity contribution in [1.29, 1.82) is 0 Å². The lowest BCUT2D eigenvalue weighted by Gasteiger charge is -2.13. The number of ether oxygens (including phenoxy) is 3. The van der Waals surface area contributed by atoms with Crippen LogP contribution in [-0.2, 0) is 4.79 Å². The van der Waals surface area contributed by atoms with E-state index in [1.807, 2.05) is 23.8 Å². The van der Waals surface area contributed by atoms with Crippen molar-refractivity contribution in [3.8, 4) is 17.2 Å². The van der Waals surface area contributed by atoms with E-state index < -0.39 is 12.0 Å². The van der Waals surface area contributed by atoms with Gasteiger partial charge in [0.1, 0.15) is 36.6 Å². The Bertz CT molecular complexity index is 695. The largest absolute Gasteiger partial charge is 0.492 e. The molecule has 8 nitrogen and oxygen atoms in total. The van der Waals surface area contributed by atoms with E-state index in [4.69, 9.17) is 19.4 Å². The number of aryl methyl sites for hydroxylation is 1. The van der Waals surface area contributed by atoms with E-state index in [0.717, 1.165) is 11.3 Å². The molecule has 27 heavy (non-hydrogen) atoms. The number of aliphatic hydroxyl groups excluding tert-OH is 1. The average molecular weight is 396 g/mol. The molecule has 0 aliphatic heterocycles. The third kappa shape index (κ3) is 7.83. The van der Waals surface area contributed by atoms with Crippen LogP contribution in [0.25, 0.3) is 0 Å². The van der Waals surface area contributed by atoms with Crippen molar-refractivity contribution in [2.24, 2.45) is 0 Å². The van der Waals surface area contributed by atoms with Gasteiger partial charge in [0.25, 0.3) is 5.91 Å². The molecule has 0 saturated heterocycles. The first kappa shape index (κ1) is 21.0. The highest BCUT2D eigenvalue weighted by Crippen LogP contribution is 2.23. The van der Waals surface area contributed by atoms with Crippen LogP contribution in [0.5, 0.6) is 17.2 Å². The second-order valence-corrected chi connectivity index (χ2v) is 6.51. The first-order chi connectivity index (χ1) is 13.1. The summed E-state index contributed by atoms with van der Waals surface area (Å²) < 4.78 is 16.4. The van der Waals surface area contributed by atoms with Gasteiger partial charge < -0.3 is 24.6 Å². The van der Waals surface area contributed by atoms with Crippen LogP contribution in [0.1, 0.15) is 5.56 Å². The fraction of sp³-hybridized carbons (Fsp3) is 0.389. The number of benzene rings is 1. The number of thiophene rings is 1. The topological polar surface area (TPSA) is 109 Å². The number of amides is 1. The minimum Gasteiger partial charge on any atom is -0.492 e. The van der Waals surface area contributed by atoms with Gasteiger partial charge in [-0.1, -0.05) is 0 Å². The van der Waals surface area contributed by atoms with Crippen LogP contribution in [-0.4, -0.2) is 55.2 Å². The molecule has 2 aromatic rings. The molecule has 0 aliphatic rings. The number of hydroxylamine groups is 1. The van der Waals surface area contributed by atoms with Crippen molar-refractivity contribution < 1.29 is 29.3 Å². The van der Waals surface area contributed by atoms with E-state index in [9.17, 15) is 9.90 Å². The van der Waals surface area contributed by atoms with Gasteiger partial charge in [0, 0.05) is 18.5 Å². The molecule has 9 heteroatoms. The van der Waals surface area contributed by atoms with Crippen molar-refractivity contribution in [3.63, 3.8) is 0 Å². The lowest BCUT2D eigenvalue weighted by atomic mass is 10.2. The number of hydrogen-bond donors (Lipinski definition) is 4. The summed E-state index contributed by atoms with van der Waals surface area (Å²) in [5.74, 6) is 1.36. The molecule has 0 fully saturated rings. The molecule has 148 valence electrons. The number of rotatable bonds is 12. The molecule has 0 aliphatic carbocycles. The Labute approximate surface area is 161 Å². The van der Waals surface area contributed by atoms with Gasteiger partial charge in [-0.25, -0.2) is 5.48 Å². The van der Waals surface area contributed by atoms with Gasteiger partial charge in [0.2, 0.25) is 0 Å². The first-order valence-electron chi connectivity index (χ1n) is 8.41. The Hall–Kier alpha value is -2.33. The number of hydrogen-bond acceptors (Lipinski definition) is 8. The summed E-state index contributed by atoms with van der Waals surface area (Å²) in [5, 5.41) is 25.2. The molecular formula is C18H24N2O6S. The van der Waals surface area contributed by atoms with Gasteiger partial charge in [-0.3, -0.25) is 10.0 Å². The Balaban J connectivity index is 1.60. The summed E-state index contributed by atoms with van der Waals surface area (Å²) in [5.41, 5.74) is 2.32. The maximum Gasteiger partial charge on any atom is 0.281 e. The Morgan fingerprint density at radius 3 is 2.78 bits per heavy atom. The van der Waals surface area contributed by atoms with Crippen LogP contribution in [0, 0.1) is 6.92 Å². The van der Waals surface area contributed by atoms with Crippen LogP contribution >= 0.6 is 11.3 Å². The van der Waals surface area contributed by atoms with Crippen LogP contribution in [0.15, 0.2) is 35.0 Å². The molecule has 0 bridgehead atoms. The highest BCUT2D eigenvalue weighted by molar-refractivity contribution is 7.08. The van der Waals surface area contributed by atoms with Gasteiger partial charge in [-0.2, -0.15) is 0 Å². The predicted molar refractivity (Wildman–Crippen MR) is 101 cm³/mol. The molecule has 1 amide bonds. The first-order valence-corrected chi connectivity index (χ1v) is 9.35. The van der Waals surface area contributed by atoms with Crippen molar-refractivity contribution in [1.82, 2.24) is 10.8 Å². The smallest absolute Gasteiger partial charge is 0.281 e. The van der Waals surface area contributed by atoms with Gasteiger partial charge in [-0.05, 0) is 42.1 Å². The minimum absolute atomic E-state index is 0.236. The highest BCUT2D eigenvalue weighted by atomic mass is 32.1. The molecule has 0 spiro atoms. The summed E-state index contributed by atoms with van der Waals surface area (Å²) in [6.45, 7) is 3.22. The standard InChI is InChI=1S/C18H24N2O6S/c1-13-8-15(2-3-17(13)26-11-18(22)20-23)24-6-5-19-9-14(21)10-25-16-4-7-27-12-16/h2-4,7-8,12,14,19,21,23H,5-6,9-11H2,1H3,(H,20,22). The monoisotopic (exact) mass is 396 g/mol. The summed E-state index contributed by atoms with van der Waals surface area (Å²) in [6.07, 6.45) is -0.598. The number of aliphatic hydroxyl groups is 1. The second kappa shape index (κ2) is 11.4. The van der Waals surface area contributed by atoms with E-state index >= 15 is 0 Å². The van der Waals surface area contributed by atoms with Crippen molar-refractivity contribution in [2.75, 3.05) is 32.9 Å². The summed E-state index contributed by atoms with van der Waals surface area (Å²) in [4.78, 5) is 11.0. The second-order valence-electron chi connectivity index (χ2n) is 5.73. The van der Waals surface area contributed by atoms with E-state index in [-0.39, 0.29) is 13.2 Å². The van der Waals surface area contributed by atoms with Gasteiger partial charge in [0.15, 0.2) is 6.61 Å². The molecular weight excluding hydrogens is 372 g/mol. The SMILES string of the molecule is Cc1cc(OCCNCC(O)COc2ccsc2)ccc1OCC(=O)NO. The molecule has 2 rings (SSSR count). The molecule has 1 aromatic carbocycles. The zero-order valence-electron chi connectivity index (χ0n) is 15.0. The number of carbonyl (C=O) groups is 1. The van der Waals surface area contributed by atoms with E-state index in [1.165, 1.54) is 5.48 Å². The highest BCUT2D eigenvalue weighted by Gasteiger charge is 2.07. The molecule has 0 radical (unpaired) electrons. The maximum atomic E-state index is 11.0. The summed E-state index contributed by atoms with van der Waals surface area (Å²) in [6, 6.07) is 7.10. The zero-order valence-corrected chi connectivity index (χ0v) is 15.8. The van der Waals surface area contributed by atoms with Crippen LogP contribution < -0.4 is 25.0 Å². The van der Waals surface area contributed by atoms with Crippen LogP contribution in [0.4, 0.5) is 0 Å². The third-order valence-electron chi connectivity index (χ3n) is 3.49. The normalized spacial score (nSPS) is 11.7. The van der Waals surface area contributed by atoms with E-state index in [0.29, 0.717) is 31.2 Å². The molecule has 1 heterocycles. The number of nitrogens with one attached hydrogen (secondary N) is 2. The van der Waals surface area contributed by atoms with Crippen LogP contribution in [0.3, 0.4) is 0 Å². The molecule has 1 unspecified atom stereocenters. The van der Waals surface area contributed by atoms with E-state index in [1.54, 1.807) is 29.5 Å². The summed E-state index contributed by atoms with van der Waals surface area (Å²) >= 11 is 1.55. The van der Waals surface area contributed by atoms with Gasteiger partial charge in [-0.15, -0.1) is 11.3 Å². The Morgan fingerprint density at radius 1 is 1.22 bits per heavy atom. The number of carbonyl (C=O) groups excluding carboxylic acids is 1. The van der Waals surface area contributed by atoms with Gasteiger partial charge >= 0.3 is 0 Å². The molecule has 4 N–H and O–H groups in total. The fourth-order valence-corrected chi connectivity index (χ4v) is 2.72. The van der Waals surface area contributed by atoms with Gasteiger partial charge in [0.05, 0.1) is 0 Å². The predicted octanol–water partition coefficient (Wildman–Crippen LogP) is 1.35. The fourth-order valence-electron chi connectivity index (χ4n) is 2.14.